The Morgan fingerprint density at radius 2 is 2.28 bits per heavy atom. The molecule has 1 heterocycles. The summed E-state index contributed by atoms with van der Waals surface area (Å²) in [5.41, 5.74) is 12.6. The van der Waals surface area contributed by atoms with Gasteiger partial charge < -0.3 is 21.3 Å². The van der Waals surface area contributed by atoms with E-state index >= 15 is 0 Å². The molecule has 2 aromatic rings. The smallest absolute Gasteiger partial charge is 0.248 e. The van der Waals surface area contributed by atoms with E-state index in [1.807, 2.05) is 0 Å². The molecular weight excluding hydrogens is 234 g/mol. The summed E-state index contributed by atoms with van der Waals surface area (Å²) in [6.45, 7) is 0.611. The highest BCUT2D eigenvalue weighted by molar-refractivity contribution is 5.94. The van der Waals surface area contributed by atoms with Crippen molar-refractivity contribution in [2.75, 3.05) is 17.6 Å². The normalized spacial score (nSPS) is 10.2. The van der Waals surface area contributed by atoms with Crippen LogP contribution in [-0.2, 0) is 6.42 Å². The van der Waals surface area contributed by atoms with Gasteiger partial charge >= 0.3 is 0 Å². The summed E-state index contributed by atoms with van der Waals surface area (Å²) >= 11 is 0. The summed E-state index contributed by atoms with van der Waals surface area (Å²) in [5, 5.41) is 6.81. The van der Waals surface area contributed by atoms with Gasteiger partial charge in [0.15, 0.2) is 5.82 Å². The molecule has 2 rings (SSSR count). The molecule has 0 aliphatic heterocycles. The van der Waals surface area contributed by atoms with Crippen molar-refractivity contribution in [3.05, 3.63) is 36.0 Å². The van der Waals surface area contributed by atoms with E-state index < -0.39 is 5.91 Å². The van der Waals surface area contributed by atoms with Crippen LogP contribution in [0, 0.1) is 0 Å². The molecule has 0 aliphatic rings. The second-order valence-corrected chi connectivity index (χ2v) is 3.69. The van der Waals surface area contributed by atoms with Crippen LogP contribution in [0.25, 0.3) is 0 Å². The lowest BCUT2D eigenvalue weighted by Crippen LogP contribution is -2.12. The van der Waals surface area contributed by atoms with E-state index in [0.717, 1.165) is 5.69 Å². The zero-order valence-corrected chi connectivity index (χ0v) is 9.59. The van der Waals surface area contributed by atoms with Gasteiger partial charge in [-0.15, -0.1) is 0 Å². The fourth-order valence-electron chi connectivity index (χ4n) is 1.49. The van der Waals surface area contributed by atoms with Gasteiger partial charge in [0.2, 0.25) is 12.3 Å². The molecule has 94 valence electrons. The fraction of sp³-hybridized carbons (Fsp3) is 0.182. The van der Waals surface area contributed by atoms with Crippen LogP contribution in [0.1, 0.15) is 16.2 Å². The van der Waals surface area contributed by atoms with E-state index in [-0.39, 0.29) is 0 Å². The van der Waals surface area contributed by atoms with Crippen LogP contribution in [0.4, 0.5) is 11.4 Å². The number of nitrogens with zero attached hydrogens (tertiary/aromatic N) is 2. The van der Waals surface area contributed by atoms with Gasteiger partial charge in [0.1, 0.15) is 0 Å². The summed E-state index contributed by atoms with van der Waals surface area (Å²) in [5.74, 6) is 0.120. The number of nitrogens with two attached hydrogens (primary N) is 2. The lowest BCUT2D eigenvalue weighted by molar-refractivity contribution is 0.100. The van der Waals surface area contributed by atoms with Crippen LogP contribution in [0.3, 0.4) is 0 Å². The van der Waals surface area contributed by atoms with E-state index in [1.165, 1.54) is 6.39 Å². The topological polar surface area (TPSA) is 120 Å². The zero-order valence-electron chi connectivity index (χ0n) is 9.59. The van der Waals surface area contributed by atoms with Crippen molar-refractivity contribution in [2.24, 2.45) is 5.73 Å². The Kier molecular flexibility index (Phi) is 3.42. The number of carbonyl (C=O) groups excluding carboxylic acids is 1. The summed E-state index contributed by atoms with van der Waals surface area (Å²) in [6, 6.07) is 4.88. The Morgan fingerprint density at radius 1 is 1.44 bits per heavy atom. The molecule has 0 aliphatic carbocycles. The lowest BCUT2D eigenvalue weighted by atomic mass is 10.1. The average molecular weight is 247 g/mol. The van der Waals surface area contributed by atoms with Crippen molar-refractivity contribution >= 4 is 17.3 Å². The number of nitrogen functional groups attached to an aromatic ring is 1. The molecule has 0 saturated heterocycles. The van der Waals surface area contributed by atoms with Gasteiger partial charge in [-0.3, -0.25) is 4.79 Å². The van der Waals surface area contributed by atoms with Gasteiger partial charge in [-0.1, -0.05) is 5.16 Å². The summed E-state index contributed by atoms with van der Waals surface area (Å²) in [6.07, 6.45) is 1.90. The highest BCUT2D eigenvalue weighted by Crippen LogP contribution is 2.19. The van der Waals surface area contributed by atoms with Crippen molar-refractivity contribution < 1.29 is 9.32 Å². The maximum atomic E-state index is 11.0. The SMILES string of the molecule is NC(=O)c1ccc(NCCc2ncon2)c(N)c1. The predicted molar refractivity (Wildman–Crippen MR) is 65.9 cm³/mol. The van der Waals surface area contributed by atoms with Gasteiger partial charge in [0.05, 0.1) is 11.4 Å². The number of rotatable bonds is 5. The molecule has 0 unspecified atom stereocenters. The summed E-state index contributed by atoms with van der Waals surface area (Å²) in [7, 11) is 0. The van der Waals surface area contributed by atoms with Crippen molar-refractivity contribution in [3.8, 4) is 0 Å². The molecule has 7 heteroatoms. The Balaban J connectivity index is 1.95. The van der Waals surface area contributed by atoms with Crippen LogP contribution in [0.15, 0.2) is 29.1 Å². The monoisotopic (exact) mass is 247 g/mol. The van der Waals surface area contributed by atoms with Gasteiger partial charge in [0.25, 0.3) is 0 Å². The first kappa shape index (κ1) is 11.9. The third-order valence-corrected chi connectivity index (χ3v) is 2.41. The van der Waals surface area contributed by atoms with E-state index in [0.29, 0.717) is 30.0 Å². The molecule has 1 aromatic heterocycles. The van der Waals surface area contributed by atoms with Gasteiger partial charge in [-0.25, -0.2) is 0 Å². The third-order valence-electron chi connectivity index (χ3n) is 2.41. The highest BCUT2D eigenvalue weighted by Gasteiger charge is 2.05. The van der Waals surface area contributed by atoms with E-state index in [2.05, 4.69) is 20.0 Å². The number of anilines is 2. The number of amides is 1. The minimum Gasteiger partial charge on any atom is -0.397 e. The molecule has 0 spiro atoms. The Bertz CT molecular complexity index is 538. The molecule has 0 atom stereocenters. The number of primary amides is 1. The molecule has 0 saturated carbocycles. The van der Waals surface area contributed by atoms with Crippen molar-refractivity contribution in [1.29, 1.82) is 0 Å². The molecule has 0 radical (unpaired) electrons. The van der Waals surface area contributed by atoms with Crippen molar-refractivity contribution in [1.82, 2.24) is 10.1 Å². The summed E-state index contributed by atoms with van der Waals surface area (Å²) in [4.78, 5) is 14.9. The standard InChI is InChI=1S/C11H13N5O2/c12-8-5-7(11(13)17)1-2-9(8)14-4-3-10-15-6-18-16-10/h1-2,5-6,14H,3-4,12H2,(H2,13,17). The second-order valence-electron chi connectivity index (χ2n) is 3.69. The van der Waals surface area contributed by atoms with Crippen LogP contribution in [0.2, 0.25) is 0 Å². The minimum atomic E-state index is -0.500. The predicted octanol–water partition coefficient (Wildman–Crippen LogP) is 0.405. The molecule has 0 fully saturated rings. The number of nitrogens with one attached hydrogen (secondary N) is 1. The lowest BCUT2D eigenvalue weighted by Gasteiger charge is -2.09. The van der Waals surface area contributed by atoms with Gasteiger partial charge in [-0.2, -0.15) is 4.98 Å². The van der Waals surface area contributed by atoms with Gasteiger partial charge in [-0.05, 0) is 18.2 Å². The molecule has 1 aromatic carbocycles. The molecule has 1 amide bonds. The van der Waals surface area contributed by atoms with E-state index in [4.69, 9.17) is 11.5 Å². The third kappa shape index (κ3) is 2.76. The maximum absolute atomic E-state index is 11.0. The van der Waals surface area contributed by atoms with Gasteiger partial charge in [0, 0.05) is 18.5 Å². The minimum absolute atomic E-state index is 0.385. The Morgan fingerprint density at radius 3 is 2.89 bits per heavy atom. The molecule has 7 nitrogen and oxygen atoms in total. The summed E-state index contributed by atoms with van der Waals surface area (Å²) < 4.78 is 4.62. The number of hydrogen-bond donors (Lipinski definition) is 3. The molecule has 18 heavy (non-hydrogen) atoms. The second kappa shape index (κ2) is 5.17. The molecule has 5 N–H and O–H groups in total. The Labute approximate surface area is 103 Å². The van der Waals surface area contributed by atoms with Crippen LogP contribution in [0.5, 0.6) is 0 Å². The average Bonchev–Trinajstić information content (AvgIpc) is 2.84. The molecule has 0 bridgehead atoms. The molecular formula is C11H13N5O2. The number of carbonyl (C=O) groups is 1. The fourth-order valence-corrected chi connectivity index (χ4v) is 1.49. The quantitative estimate of drug-likeness (QED) is 0.658. The maximum Gasteiger partial charge on any atom is 0.248 e. The van der Waals surface area contributed by atoms with E-state index in [9.17, 15) is 4.79 Å². The largest absolute Gasteiger partial charge is 0.397 e. The van der Waals surface area contributed by atoms with Crippen LogP contribution >= 0.6 is 0 Å². The van der Waals surface area contributed by atoms with Crippen LogP contribution < -0.4 is 16.8 Å². The van der Waals surface area contributed by atoms with E-state index in [1.54, 1.807) is 18.2 Å². The first-order chi connectivity index (χ1) is 8.66. The van der Waals surface area contributed by atoms with Crippen molar-refractivity contribution in [2.45, 2.75) is 6.42 Å². The number of benzene rings is 1. The number of hydrogen-bond acceptors (Lipinski definition) is 6. The first-order valence-electron chi connectivity index (χ1n) is 5.35. The highest BCUT2D eigenvalue weighted by atomic mass is 16.5. The van der Waals surface area contributed by atoms with Crippen molar-refractivity contribution in [3.63, 3.8) is 0 Å². The van der Waals surface area contributed by atoms with Crippen LogP contribution in [-0.4, -0.2) is 22.6 Å². The Hall–Kier alpha value is -2.57. The zero-order chi connectivity index (χ0) is 13.0. The first-order valence-corrected chi connectivity index (χ1v) is 5.35. The number of aromatic nitrogens is 2.